The Labute approximate surface area is 123 Å². The fourth-order valence-corrected chi connectivity index (χ4v) is 2.69. The SMILES string of the molecule is Cc1cc2ccccc2n1CCNC(=O)[C@H]1COCCO1. The number of benzene rings is 1. The van der Waals surface area contributed by atoms with Gasteiger partial charge in [0, 0.05) is 24.3 Å². The number of aromatic nitrogens is 1. The number of aryl methyl sites for hydroxylation is 1. The van der Waals surface area contributed by atoms with Gasteiger partial charge in [-0.1, -0.05) is 18.2 Å². The lowest BCUT2D eigenvalue weighted by Gasteiger charge is -2.22. The monoisotopic (exact) mass is 288 g/mol. The van der Waals surface area contributed by atoms with Crippen LogP contribution in [0.25, 0.3) is 10.9 Å². The summed E-state index contributed by atoms with van der Waals surface area (Å²) in [6.07, 6.45) is -0.471. The molecule has 1 aromatic carbocycles. The van der Waals surface area contributed by atoms with Gasteiger partial charge in [0.15, 0.2) is 6.10 Å². The maximum absolute atomic E-state index is 11.9. The molecule has 21 heavy (non-hydrogen) atoms. The molecule has 3 rings (SSSR count). The molecule has 1 atom stereocenters. The van der Waals surface area contributed by atoms with Gasteiger partial charge in [-0.05, 0) is 24.4 Å². The molecule has 0 spiro atoms. The van der Waals surface area contributed by atoms with Gasteiger partial charge >= 0.3 is 0 Å². The summed E-state index contributed by atoms with van der Waals surface area (Å²) in [6, 6.07) is 10.4. The third-order valence-corrected chi connectivity index (χ3v) is 3.76. The van der Waals surface area contributed by atoms with E-state index >= 15 is 0 Å². The minimum atomic E-state index is -0.471. The van der Waals surface area contributed by atoms with Crippen molar-refractivity contribution in [2.24, 2.45) is 0 Å². The molecule has 1 saturated heterocycles. The number of hydrogen-bond donors (Lipinski definition) is 1. The molecule has 1 aromatic heterocycles. The van der Waals surface area contributed by atoms with Gasteiger partial charge < -0.3 is 19.4 Å². The molecule has 1 aliphatic rings. The van der Waals surface area contributed by atoms with Gasteiger partial charge in [0.25, 0.3) is 5.91 Å². The van der Waals surface area contributed by atoms with Crippen LogP contribution in [0.15, 0.2) is 30.3 Å². The number of amides is 1. The quantitative estimate of drug-likeness (QED) is 0.927. The van der Waals surface area contributed by atoms with Gasteiger partial charge in [0.05, 0.1) is 19.8 Å². The highest BCUT2D eigenvalue weighted by molar-refractivity contribution is 5.82. The molecule has 1 N–H and O–H groups in total. The largest absolute Gasteiger partial charge is 0.376 e. The van der Waals surface area contributed by atoms with Crippen LogP contribution in [-0.2, 0) is 20.8 Å². The van der Waals surface area contributed by atoms with Gasteiger partial charge in [0.1, 0.15) is 0 Å². The zero-order chi connectivity index (χ0) is 14.7. The lowest BCUT2D eigenvalue weighted by Crippen LogP contribution is -2.43. The van der Waals surface area contributed by atoms with Crippen LogP contribution in [-0.4, -0.2) is 42.9 Å². The van der Waals surface area contributed by atoms with Crippen LogP contribution >= 0.6 is 0 Å². The van der Waals surface area contributed by atoms with E-state index in [1.165, 1.54) is 16.6 Å². The van der Waals surface area contributed by atoms with E-state index in [1.54, 1.807) is 0 Å². The summed E-state index contributed by atoms with van der Waals surface area (Å²) >= 11 is 0. The third-order valence-electron chi connectivity index (χ3n) is 3.76. The van der Waals surface area contributed by atoms with E-state index in [1.807, 2.05) is 12.1 Å². The van der Waals surface area contributed by atoms with E-state index in [0.29, 0.717) is 26.4 Å². The average molecular weight is 288 g/mol. The number of nitrogens with one attached hydrogen (secondary N) is 1. The highest BCUT2D eigenvalue weighted by Gasteiger charge is 2.22. The summed E-state index contributed by atoms with van der Waals surface area (Å²) < 4.78 is 12.8. The summed E-state index contributed by atoms with van der Waals surface area (Å²) in [5.74, 6) is -0.0937. The summed E-state index contributed by atoms with van der Waals surface area (Å²) in [5.41, 5.74) is 2.39. The van der Waals surface area contributed by atoms with E-state index in [2.05, 4.69) is 35.0 Å². The number of carbonyl (C=O) groups is 1. The first kappa shape index (κ1) is 14.1. The first-order valence-corrected chi connectivity index (χ1v) is 7.27. The number of hydrogen-bond acceptors (Lipinski definition) is 3. The Balaban J connectivity index is 1.59. The van der Waals surface area contributed by atoms with E-state index in [-0.39, 0.29) is 5.91 Å². The molecule has 2 aromatic rings. The van der Waals surface area contributed by atoms with E-state index in [0.717, 1.165) is 6.54 Å². The third kappa shape index (κ3) is 3.09. The van der Waals surface area contributed by atoms with E-state index in [4.69, 9.17) is 9.47 Å². The molecule has 0 unspecified atom stereocenters. The van der Waals surface area contributed by atoms with Crippen LogP contribution in [0.3, 0.4) is 0 Å². The Kier molecular flexibility index (Phi) is 4.22. The highest BCUT2D eigenvalue weighted by Crippen LogP contribution is 2.18. The predicted molar refractivity (Wildman–Crippen MR) is 80.2 cm³/mol. The second-order valence-electron chi connectivity index (χ2n) is 5.22. The van der Waals surface area contributed by atoms with Crippen molar-refractivity contribution in [1.82, 2.24) is 9.88 Å². The van der Waals surface area contributed by atoms with Crippen molar-refractivity contribution in [2.75, 3.05) is 26.4 Å². The normalized spacial score (nSPS) is 18.8. The predicted octanol–water partition coefficient (Wildman–Crippen LogP) is 1.48. The van der Waals surface area contributed by atoms with Crippen LogP contribution in [0, 0.1) is 6.92 Å². The van der Waals surface area contributed by atoms with Crippen molar-refractivity contribution < 1.29 is 14.3 Å². The summed E-state index contributed by atoms with van der Waals surface area (Å²) in [4.78, 5) is 11.9. The molecule has 1 fully saturated rings. The van der Waals surface area contributed by atoms with Gasteiger partial charge in [-0.15, -0.1) is 0 Å². The molecule has 5 heteroatoms. The zero-order valence-electron chi connectivity index (χ0n) is 12.2. The summed E-state index contributed by atoms with van der Waals surface area (Å²) in [7, 11) is 0. The minimum Gasteiger partial charge on any atom is -0.376 e. The Morgan fingerprint density at radius 2 is 2.24 bits per heavy atom. The number of para-hydroxylation sites is 1. The highest BCUT2D eigenvalue weighted by atomic mass is 16.6. The summed E-state index contributed by atoms with van der Waals surface area (Å²) in [5, 5.41) is 4.14. The van der Waals surface area contributed by atoms with Gasteiger partial charge in [-0.25, -0.2) is 0 Å². The van der Waals surface area contributed by atoms with Crippen LogP contribution in [0.1, 0.15) is 5.69 Å². The molecule has 0 radical (unpaired) electrons. The second-order valence-corrected chi connectivity index (χ2v) is 5.22. The van der Waals surface area contributed by atoms with Crippen molar-refractivity contribution in [2.45, 2.75) is 19.6 Å². The Hall–Kier alpha value is -1.85. The number of ether oxygens (including phenoxy) is 2. The number of fused-ring (bicyclic) bond motifs is 1. The average Bonchev–Trinajstić information content (AvgIpc) is 2.84. The maximum Gasteiger partial charge on any atom is 0.251 e. The number of nitrogens with zero attached hydrogens (tertiary/aromatic N) is 1. The van der Waals surface area contributed by atoms with Gasteiger partial charge in [0.2, 0.25) is 0 Å². The maximum atomic E-state index is 11.9. The Morgan fingerprint density at radius 1 is 1.38 bits per heavy atom. The molecule has 0 aliphatic carbocycles. The lowest BCUT2D eigenvalue weighted by atomic mass is 10.2. The van der Waals surface area contributed by atoms with Crippen LogP contribution in [0.4, 0.5) is 0 Å². The molecule has 1 amide bonds. The Morgan fingerprint density at radius 3 is 3.05 bits per heavy atom. The van der Waals surface area contributed by atoms with Crippen molar-refractivity contribution >= 4 is 16.8 Å². The van der Waals surface area contributed by atoms with Crippen LogP contribution < -0.4 is 5.32 Å². The topological polar surface area (TPSA) is 52.5 Å². The van der Waals surface area contributed by atoms with Crippen molar-refractivity contribution in [1.29, 1.82) is 0 Å². The van der Waals surface area contributed by atoms with E-state index in [9.17, 15) is 4.79 Å². The number of carbonyl (C=O) groups excluding carboxylic acids is 1. The molecule has 0 bridgehead atoms. The first-order valence-electron chi connectivity index (χ1n) is 7.27. The van der Waals surface area contributed by atoms with Crippen molar-refractivity contribution in [3.63, 3.8) is 0 Å². The molecular weight excluding hydrogens is 268 g/mol. The van der Waals surface area contributed by atoms with E-state index < -0.39 is 6.10 Å². The van der Waals surface area contributed by atoms with Crippen LogP contribution in [0.5, 0.6) is 0 Å². The van der Waals surface area contributed by atoms with Gasteiger partial charge in [-0.3, -0.25) is 4.79 Å². The minimum absolute atomic E-state index is 0.0937. The summed E-state index contributed by atoms with van der Waals surface area (Å²) in [6.45, 7) is 4.81. The molecule has 1 aliphatic heterocycles. The van der Waals surface area contributed by atoms with Gasteiger partial charge in [-0.2, -0.15) is 0 Å². The lowest BCUT2D eigenvalue weighted by molar-refractivity contribution is -0.147. The fourth-order valence-electron chi connectivity index (χ4n) is 2.69. The second kappa shape index (κ2) is 6.28. The smallest absolute Gasteiger partial charge is 0.251 e. The number of rotatable bonds is 4. The van der Waals surface area contributed by atoms with Crippen molar-refractivity contribution in [3.8, 4) is 0 Å². The fraction of sp³-hybridized carbons (Fsp3) is 0.438. The molecule has 0 saturated carbocycles. The van der Waals surface area contributed by atoms with Crippen LogP contribution in [0.2, 0.25) is 0 Å². The molecular formula is C16H20N2O3. The van der Waals surface area contributed by atoms with Crippen molar-refractivity contribution in [3.05, 3.63) is 36.0 Å². The first-order chi connectivity index (χ1) is 10.3. The standard InChI is InChI=1S/C16H20N2O3/c1-12-10-13-4-2-3-5-14(13)18(12)7-6-17-16(19)15-11-20-8-9-21-15/h2-5,10,15H,6-9,11H2,1H3,(H,17,19)/t15-/m1/s1. The Bertz CT molecular complexity index is 629. The molecule has 2 heterocycles. The molecule has 5 nitrogen and oxygen atoms in total. The zero-order valence-corrected chi connectivity index (χ0v) is 12.2. The molecule has 112 valence electrons.